The third kappa shape index (κ3) is 3.81. The lowest BCUT2D eigenvalue weighted by Crippen LogP contribution is -2.48. The molecule has 0 radical (unpaired) electrons. The minimum absolute atomic E-state index is 0.0900. The zero-order valence-corrected chi connectivity index (χ0v) is 15.1. The quantitative estimate of drug-likeness (QED) is 0.887. The number of likely N-dealkylation sites (tertiary alicyclic amines) is 1. The Morgan fingerprint density at radius 1 is 1.29 bits per heavy atom. The van der Waals surface area contributed by atoms with Crippen LogP contribution < -0.4 is 0 Å². The maximum absolute atomic E-state index is 12.8. The molecule has 1 aliphatic carbocycles. The molecular weight excluding hydrogens is 324 g/mol. The standard InChI is InChI=1S/C18H26N2O3S/c1-2-19(12-17(21)22)14-7-9-20(10-8-14)18(23)16-11-13-5-3-4-6-15(13)24-16/h11,14H,2-10,12H2,1H3,(H,21,22). The van der Waals surface area contributed by atoms with E-state index in [0.717, 1.165) is 50.2 Å². The summed E-state index contributed by atoms with van der Waals surface area (Å²) in [5.74, 6) is -0.617. The molecule has 0 atom stereocenters. The van der Waals surface area contributed by atoms with Crippen molar-refractivity contribution in [2.45, 2.75) is 51.5 Å². The van der Waals surface area contributed by atoms with E-state index in [9.17, 15) is 9.59 Å². The predicted octanol–water partition coefficient (Wildman–Crippen LogP) is 2.64. The molecule has 1 aliphatic heterocycles. The second-order valence-corrected chi connectivity index (χ2v) is 7.88. The smallest absolute Gasteiger partial charge is 0.317 e. The van der Waals surface area contributed by atoms with E-state index in [1.807, 2.05) is 16.7 Å². The van der Waals surface area contributed by atoms with Gasteiger partial charge in [-0.15, -0.1) is 11.3 Å². The monoisotopic (exact) mass is 350 g/mol. The average Bonchev–Trinajstić information content (AvgIpc) is 3.03. The SMILES string of the molecule is CCN(CC(=O)O)C1CCN(C(=O)c2cc3c(s2)CCCC3)CC1. The molecule has 0 unspecified atom stereocenters. The van der Waals surface area contributed by atoms with E-state index in [2.05, 4.69) is 6.07 Å². The zero-order chi connectivity index (χ0) is 17.1. The number of thiophene rings is 1. The van der Waals surface area contributed by atoms with Crippen molar-refractivity contribution in [2.75, 3.05) is 26.2 Å². The minimum Gasteiger partial charge on any atom is -0.480 e. The molecule has 0 aromatic carbocycles. The predicted molar refractivity (Wildman–Crippen MR) is 94.8 cm³/mol. The van der Waals surface area contributed by atoms with Gasteiger partial charge in [0.15, 0.2) is 0 Å². The molecule has 0 saturated carbocycles. The van der Waals surface area contributed by atoms with Crippen LogP contribution in [0.4, 0.5) is 0 Å². The van der Waals surface area contributed by atoms with E-state index in [1.54, 1.807) is 11.3 Å². The second kappa shape index (κ2) is 7.66. The van der Waals surface area contributed by atoms with Gasteiger partial charge in [-0.2, -0.15) is 0 Å². The lowest BCUT2D eigenvalue weighted by molar-refractivity contribution is -0.139. The molecule has 1 amide bonds. The summed E-state index contributed by atoms with van der Waals surface area (Å²) in [4.78, 5) is 30.0. The van der Waals surface area contributed by atoms with E-state index < -0.39 is 5.97 Å². The van der Waals surface area contributed by atoms with Gasteiger partial charge in [-0.1, -0.05) is 6.92 Å². The van der Waals surface area contributed by atoms with Crippen LogP contribution in [0.25, 0.3) is 0 Å². The number of carbonyl (C=O) groups excluding carboxylic acids is 1. The number of likely N-dealkylation sites (N-methyl/N-ethyl adjacent to an activating group) is 1. The molecule has 1 aromatic rings. The van der Waals surface area contributed by atoms with Gasteiger partial charge >= 0.3 is 5.97 Å². The molecule has 2 aliphatic rings. The summed E-state index contributed by atoms with van der Waals surface area (Å²) in [5.41, 5.74) is 1.38. The highest BCUT2D eigenvalue weighted by atomic mass is 32.1. The van der Waals surface area contributed by atoms with E-state index in [-0.39, 0.29) is 18.5 Å². The van der Waals surface area contributed by atoms with Gasteiger partial charge in [0.05, 0.1) is 11.4 Å². The van der Waals surface area contributed by atoms with Crippen LogP contribution in [0.1, 0.15) is 52.7 Å². The number of hydrogen-bond donors (Lipinski definition) is 1. The molecule has 5 nitrogen and oxygen atoms in total. The molecule has 6 heteroatoms. The summed E-state index contributed by atoms with van der Waals surface area (Å²) in [7, 11) is 0. The Labute approximate surface area is 147 Å². The molecule has 132 valence electrons. The van der Waals surface area contributed by atoms with E-state index in [0.29, 0.717) is 0 Å². The zero-order valence-electron chi connectivity index (χ0n) is 14.3. The van der Waals surface area contributed by atoms with Crippen molar-refractivity contribution < 1.29 is 14.7 Å². The Morgan fingerprint density at radius 3 is 2.62 bits per heavy atom. The number of aliphatic carboxylic acids is 1. The molecule has 0 spiro atoms. The summed E-state index contributed by atoms with van der Waals surface area (Å²) >= 11 is 1.68. The highest BCUT2D eigenvalue weighted by Gasteiger charge is 2.29. The number of aryl methyl sites for hydroxylation is 2. The Hall–Kier alpha value is -1.40. The lowest BCUT2D eigenvalue weighted by Gasteiger charge is -2.37. The van der Waals surface area contributed by atoms with Crippen molar-refractivity contribution >= 4 is 23.2 Å². The fourth-order valence-electron chi connectivity index (χ4n) is 3.86. The summed E-state index contributed by atoms with van der Waals surface area (Å²) in [6.07, 6.45) is 6.43. The van der Waals surface area contributed by atoms with Gasteiger partial charge in [-0.25, -0.2) is 0 Å². The number of rotatable bonds is 5. The summed E-state index contributed by atoms with van der Waals surface area (Å²) in [6, 6.07) is 2.38. The van der Waals surface area contributed by atoms with Gasteiger partial charge in [0.1, 0.15) is 0 Å². The van der Waals surface area contributed by atoms with Crippen LogP contribution in [0.5, 0.6) is 0 Å². The Kier molecular flexibility index (Phi) is 5.56. The number of amides is 1. The maximum atomic E-state index is 12.8. The first kappa shape index (κ1) is 17.4. The highest BCUT2D eigenvalue weighted by Crippen LogP contribution is 2.31. The van der Waals surface area contributed by atoms with Crippen molar-refractivity contribution in [3.8, 4) is 0 Å². The lowest BCUT2D eigenvalue weighted by atomic mass is 9.99. The van der Waals surface area contributed by atoms with Gasteiger partial charge in [-0.05, 0) is 56.7 Å². The number of fused-ring (bicyclic) bond motifs is 1. The molecule has 1 N–H and O–H groups in total. The number of hydrogen-bond acceptors (Lipinski definition) is 4. The van der Waals surface area contributed by atoms with Gasteiger partial charge in [0.2, 0.25) is 0 Å². The van der Waals surface area contributed by atoms with E-state index >= 15 is 0 Å². The maximum Gasteiger partial charge on any atom is 0.317 e. The Bertz CT molecular complexity index is 582. The first-order chi connectivity index (χ1) is 11.6. The van der Waals surface area contributed by atoms with Crippen LogP contribution in [-0.4, -0.2) is 59.0 Å². The van der Waals surface area contributed by atoms with Crippen LogP contribution in [-0.2, 0) is 17.6 Å². The molecule has 1 saturated heterocycles. The molecule has 0 bridgehead atoms. The van der Waals surface area contributed by atoms with Crippen LogP contribution in [0, 0.1) is 0 Å². The van der Waals surface area contributed by atoms with Crippen molar-refractivity contribution in [1.82, 2.24) is 9.80 Å². The summed E-state index contributed by atoms with van der Waals surface area (Å²) in [6.45, 7) is 4.27. The fourth-order valence-corrected chi connectivity index (χ4v) is 5.08. The molecule has 1 fully saturated rings. The minimum atomic E-state index is -0.778. The van der Waals surface area contributed by atoms with Gasteiger partial charge in [-0.3, -0.25) is 14.5 Å². The van der Waals surface area contributed by atoms with Gasteiger partial charge in [0, 0.05) is 24.0 Å². The number of carboxylic acids is 1. The van der Waals surface area contributed by atoms with Crippen LogP contribution in [0.3, 0.4) is 0 Å². The molecule has 2 heterocycles. The summed E-state index contributed by atoms with van der Waals surface area (Å²) < 4.78 is 0. The van der Waals surface area contributed by atoms with Crippen molar-refractivity contribution in [3.63, 3.8) is 0 Å². The summed E-state index contributed by atoms with van der Waals surface area (Å²) in [5, 5.41) is 9.01. The number of piperidine rings is 1. The first-order valence-corrected chi connectivity index (χ1v) is 9.76. The average molecular weight is 350 g/mol. The first-order valence-electron chi connectivity index (χ1n) is 8.95. The van der Waals surface area contributed by atoms with Crippen LogP contribution in [0.2, 0.25) is 0 Å². The second-order valence-electron chi connectivity index (χ2n) is 6.75. The van der Waals surface area contributed by atoms with Gasteiger partial charge in [0.25, 0.3) is 5.91 Å². The number of carboxylic acid groups (broad SMARTS) is 1. The molecule has 24 heavy (non-hydrogen) atoms. The molecule has 1 aromatic heterocycles. The molecule has 3 rings (SSSR count). The normalized spacial score (nSPS) is 18.7. The third-order valence-corrected chi connectivity index (χ3v) is 6.45. The van der Waals surface area contributed by atoms with E-state index in [4.69, 9.17) is 5.11 Å². The third-order valence-electron chi connectivity index (χ3n) is 5.22. The van der Waals surface area contributed by atoms with Crippen molar-refractivity contribution in [2.24, 2.45) is 0 Å². The number of nitrogens with zero attached hydrogens (tertiary/aromatic N) is 2. The van der Waals surface area contributed by atoms with Crippen LogP contribution >= 0.6 is 11.3 Å². The van der Waals surface area contributed by atoms with E-state index in [1.165, 1.54) is 23.3 Å². The van der Waals surface area contributed by atoms with Crippen molar-refractivity contribution in [1.29, 1.82) is 0 Å². The topological polar surface area (TPSA) is 60.9 Å². The Balaban J connectivity index is 1.58. The number of carbonyl (C=O) groups is 2. The fraction of sp³-hybridized carbons (Fsp3) is 0.667. The van der Waals surface area contributed by atoms with Crippen molar-refractivity contribution in [3.05, 3.63) is 21.4 Å². The largest absolute Gasteiger partial charge is 0.480 e. The van der Waals surface area contributed by atoms with Crippen LogP contribution in [0.15, 0.2) is 6.07 Å². The molecular formula is C18H26N2O3S. The highest BCUT2D eigenvalue weighted by molar-refractivity contribution is 7.14. The Morgan fingerprint density at radius 2 is 2.00 bits per heavy atom. The van der Waals surface area contributed by atoms with Gasteiger partial charge < -0.3 is 10.0 Å².